The van der Waals surface area contributed by atoms with E-state index in [1.54, 1.807) is 0 Å². The average Bonchev–Trinajstić information content (AvgIpc) is 2.94. The van der Waals surface area contributed by atoms with Gasteiger partial charge in [0.05, 0.1) is 0 Å². The maximum absolute atomic E-state index is 6.22. The van der Waals surface area contributed by atoms with Crippen molar-refractivity contribution in [1.29, 1.82) is 0 Å². The van der Waals surface area contributed by atoms with E-state index >= 15 is 0 Å². The smallest absolute Gasteiger partial charge is 0.169 e. The molecule has 1 atom stereocenters. The topological polar surface area (TPSA) is 52.3 Å². The fraction of sp³-hybridized carbons (Fsp3) is 0.200. The van der Waals surface area contributed by atoms with E-state index in [0.29, 0.717) is 10.4 Å². The van der Waals surface area contributed by atoms with Crippen LogP contribution >= 0.6 is 15.9 Å². The zero-order valence-electron chi connectivity index (χ0n) is 10.7. The van der Waals surface area contributed by atoms with Crippen LogP contribution in [0.15, 0.2) is 43.8 Å². The van der Waals surface area contributed by atoms with Crippen molar-refractivity contribution in [3.63, 3.8) is 0 Å². The van der Waals surface area contributed by atoms with Gasteiger partial charge < -0.3 is 14.6 Å². The predicted octanol–water partition coefficient (Wildman–Crippen LogP) is 4.45. The fourth-order valence-corrected chi connectivity index (χ4v) is 2.59. The minimum absolute atomic E-state index is 0.390. The summed E-state index contributed by atoms with van der Waals surface area (Å²) in [5.41, 5.74) is 9.36. The molecule has 0 saturated heterocycles. The molecule has 0 aliphatic heterocycles. The van der Waals surface area contributed by atoms with E-state index in [9.17, 15) is 0 Å². The van der Waals surface area contributed by atoms with Gasteiger partial charge in [-0.25, -0.2) is 0 Å². The Labute approximate surface area is 119 Å². The van der Waals surface area contributed by atoms with Crippen LogP contribution in [-0.4, -0.2) is 0 Å². The third-order valence-electron chi connectivity index (χ3n) is 3.31. The van der Waals surface area contributed by atoms with E-state index in [2.05, 4.69) is 28.9 Å². The van der Waals surface area contributed by atoms with Crippen molar-refractivity contribution in [3.05, 3.63) is 57.6 Å². The molecule has 0 aliphatic rings. The molecule has 0 radical (unpaired) electrons. The minimum atomic E-state index is -0.390. The van der Waals surface area contributed by atoms with Gasteiger partial charge in [-0.2, -0.15) is 0 Å². The van der Waals surface area contributed by atoms with Crippen LogP contribution in [-0.2, 0) is 0 Å². The van der Waals surface area contributed by atoms with Gasteiger partial charge in [0.1, 0.15) is 23.1 Å². The summed E-state index contributed by atoms with van der Waals surface area (Å²) in [6.07, 6.45) is 0. The highest BCUT2D eigenvalue weighted by Gasteiger charge is 2.21. The monoisotopic (exact) mass is 319 g/mol. The maximum Gasteiger partial charge on any atom is 0.169 e. The summed E-state index contributed by atoms with van der Waals surface area (Å²) in [7, 11) is 0. The SMILES string of the molecule is Cc1ccc2oc(C(N)c3ccc(Br)o3)c(C)c2c1. The normalized spacial score (nSPS) is 13.1. The molecule has 0 amide bonds. The molecule has 3 nitrogen and oxygen atoms in total. The van der Waals surface area contributed by atoms with Crippen molar-refractivity contribution in [3.8, 4) is 0 Å². The molecule has 2 N–H and O–H groups in total. The van der Waals surface area contributed by atoms with Gasteiger partial charge in [0.15, 0.2) is 4.67 Å². The molecule has 3 rings (SSSR count). The summed E-state index contributed by atoms with van der Waals surface area (Å²) in [6.45, 7) is 4.09. The molecule has 0 fully saturated rings. The summed E-state index contributed by atoms with van der Waals surface area (Å²) >= 11 is 3.28. The molecule has 1 aromatic carbocycles. The van der Waals surface area contributed by atoms with E-state index < -0.39 is 0 Å². The van der Waals surface area contributed by atoms with Gasteiger partial charge in [-0.05, 0) is 54.0 Å². The predicted molar refractivity (Wildman–Crippen MR) is 78.1 cm³/mol. The molecule has 0 bridgehead atoms. The number of furan rings is 2. The Kier molecular flexibility index (Phi) is 2.99. The molecule has 19 heavy (non-hydrogen) atoms. The number of hydrogen-bond acceptors (Lipinski definition) is 3. The van der Waals surface area contributed by atoms with Gasteiger partial charge in [0.2, 0.25) is 0 Å². The van der Waals surface area contributed by atoms with Crippen molar-refractivity contribution in [2.75, 3.05) is 0 Å². The minimum Gasteiger partial charge on any atom is -0.459 e. The molecule has 98 valence electrons. The third-order valence-corrected chi connectivity index (χ3v) is 3.74. The Morgan fingerprint density at radius 3 is 2.58 bits per heavy atom. The van der Waals surface area contributed by atoms with Gasteiger partial charge in [0.25, 0.3) is 0 Å². The first-order chi connectivity index (χ1) is 9.06. The van der Waals surface area contributed by atoms with E-state index in [1.165, 1.54) is 5.56 Å². The lowest BCUT2D eigenvalue weighted by Gasteiger charge is -2.06. The van der Waals surface area contributed by atoms with E-state index in [0.717, 1.165) is 22.3 Å². The molecule has 0 saturated carbocycles. The van der Waals surface area contributed by atoms with Crippen molar-refractivity contribution in [2.24, 2.45) is 5.73 Å². The molecular formula is C15H14BrNO2. The Bertz CT molecular complexity index is 742. The Morgan fingerprint density at radius 2 is 1.89 bits per heavy atom. The molecule has 0 spiro atoms. The van der Waals surface area contributed by atoms with E-state index in [-0.39, 0.29) is 6.04 Å². The van der Waals surface area contributed by atoms with Crippen molar-refractivity contribution < 1.29 is 8.83 Å². The first kappa shape index (κ1) is 12.5. The zero-order valence-corrected chi connectivity index (χ0v) is 12.3. The van der Waals surface area contributed by atoms with Gasteiger partial charge in [-0.3, -0.25) is 0 Å². The summed E-state index contributed by atoms with van der Waals surface area (Å²) in [4.78, 5) is 0. The van der Waals surface area contributed by atoms with Crippen LogP contribution in [0, 0.1) is 13.8 Å². The number of hydrogen-bond donors (Lipinski definition) is 1. The molecule has 2 heterocycles. The lowest BCUT2D eigenvalue weighted by atomic mass is 10.1. The van der Waals surface area contributed by atoms with Crippen LogP contribution in [0.1, 0.15) is 28.7 Å². The van der Waals surface area contributed by atoms with Crippen molar-refractivity contribution >= 4 is 26.9 Å². The van der Waals surface area contributed by atoms with E-state index in [1.807, 2.05) is 31.2 Å². The summed E-state index contributed by atoms with van der Waals surface area (Å²) < 4.78 is 12.1. The van der Waals surface area contributed by atoms with Crippen molar-refractivity contribution in [1.82, 2.24) is 0 Å². The van der Waals surface area contributed by atoms with Crippen LogP contribution in [0.5, 0.6) is 0 Å². The largest absolute Gasteiger partial charge is 0.459 e. The lowest BCUT2D eigenvalue weighted by molar-refractivity contribution is 0.432. The zero-order chi connectivity index (χ0) is 13.6. The molecular weight excluding hydrogens is 306 g/mol. The quantitative estimate of drug-likeness (QED) is 0.759. The Balaban J connectivity index is 2.12. The van der Waals surface area contributed by atoms with Crippen LogP contribution in [0.25, 0.3) is 11.0 Å². The third kappa shape index (κ3) is 2.11. The van der Waals surface area contributed by atoms with Crippen LogP contribution in [0.3, 0.4) is 0 Å². The summed E-state index contributed by atoms with van der Waals surface area (Å²) in [6, 6.07) is 9.42. The van der Waals surface area contributed by atoms with Crippen molar-refractivity contribution in [2.45, 2.75) is 19.9 Å². The van der Waals surface area contributed by atoms with Crippen LogP contribution in [0.2, 0.25) is 0 Å². The van der Waals surface area contributed by atoms with Gasteiger partial charge in [-0.15, -0.1) is 0 Å². The Morgan fingerprint density at radius 1 is 1.11 bits per heavy atom. The Hall–Kier alpha value is -1.52. The number of halogens is 1. The fourth-order valence-electron chi connectivity index (χ4n) is 2.27. The van der Waals surface area contributed by atoms with Crippen LogP contribution < -0.4 is 5.73 Å². The van der Waals surface area contributed by atoms with E-state index in [4.69, 9.17) is 14.6 Å². The standard InChI is InChI=1S/C15H14BrNO2/c1-8-3-4-11-10(7-8)9(2)15(19-11)14(17)12-5-6-13(16)18-12/h3-7,14H,17H2,1-2H3. The molecule has 2 aromatic heterocycles. The maximum atomic E-state index is 6.22. The first-order valence-electron chi connectivity index (χ1n) is 6.06. The number of rotatable bonds is 2. The average molecular weight is 320 g/mol. The number of benzene rings is 1. The highest BCUT2D eigenvalue weighted by Crippen LogP contribution is 2.33. The lowest BCUT2D eigenvalue weighted by Crippen LogP contribution is -2.10. The van der Waals surface area contributed by atoms with Gasteiger partial charge >= 0.3 is 0 Å². The second-order valence-electron chi connectivity index (χ2n) is 4.71. The summed E-state index contributed by atoms with van der Waals surface area (Å²) in [5, 5.41) is 1.11. The summed E-state index contributed by atoms with van der Waals surface area (Å²) in [5.74, 6) is 1.44. The molecule has 0 aliphatic carbocycles. The van der Waals surface area contributed by atoms with Gasteiger partial charge in [-0.1, -0.05) is 11.6 Å². The number of aryl methyl sites for hydroxylation is 2. The molecule has 3 aromatic rings. The molecule has 4 heteroatoms. The first-order valence-corrected chi connectivity index (χ1v) is 6.86. The van der Waals surface area contributed by atoms with Crippen LogP contribution in [0.4, 0.5) is 0 Å². The second-order valence-corrected chi connectivity index (χ2v) is 5.49. The number of fused-ring (bicyclic) bond motifs is 1. The highest BCUT2D eigenvalue weighted by molar-refractivity contribution is 9.10. The molecule has 1 unspecified atom stereocenters. The number of nitrogens with two attached hydrogens (primary N) is 1. The second kappa shape index (κ2) is 4.54. The van der Waals surface area contributed by atoms with Gasteiger partial charge in [0, 0.05) is 10.9 Å². The highest BCUT2D eigenvalue weighted by atomic mass is 79.9.